The second-order valence-electron chi connectivity index (χ2n) is 5.70. The summed E-state index contributed by atoms with van der Waals surface area (Å²) in [5.74, 6) is 1.15. The van der Waals surface area contributed by atoms with Crippen molar-refractivity contribution in [2.24, 2.45) is 0 Å². The van der Waals surface area contributed by atoms with E-state index in [1.807, 2.05) is 6.20 Å². The van der Waals surface area contributed by atoms with Gasteiger partial charge in [-0.25, -0.2) is 4.98 Å². The van der Waals surface area contributed by atoms with Gasteiger partial charge in [0.2, 0.25) is 0 Å². The molecule has 1 aliphatic rings. The van der Waals surface area contributed by atoms with Crippen LogP contribution in [0.1, 0.15) is 44.1 Å². The molecule has 2 aromatic rings. The van der Waals surface area contributed by atoms with Crippen molar-refractivity contribution in [3.63, 3.8) is 0 Å². The van der Waals surface area contributed by atoms with Gasteiger partial charge >= 0.3 is 0 Å². The fourth-order valence-electron chi connectivity index (χ4n) is 3.17. The first-order valence-corrected chi connectivity index (χ1v) is 7.72. The molecule has 3 rings (SSSR count). The predicted octanol–water partition coefficient (Wildman–Crippen LogP) is 4.14. The molecular formula is C17H23N3. The Bertz CT molecular complexity index is 484. The SMILES string of the molecule is c1ccc(CN(c2cnc[nH]2)C2CCCCCC2)cc1. The first kappa shape index (κ1) is 13.2. The third-order valence-electron chi connectivity index (χ3n) is 4.25. The molecule has 0 unspecified atom stereocenters. The maximum atomic E-state index is 4.21. The Morgan fingerprint density at radius 3 is 2.45 bits per heavy atom. The minimum Gasteiger partial charge on any atom is -0.350 e. The molecular weight excluding hydrogens is 246 g/mol. The number of imidazole rings is 1. The zero-order valence-electron chi connectivity index (χ0n) is 12.0. The molecule has 1 aliphatic carbocycles. The smallest absolute Gasteiger partial charge is 0.126 e. The lowest BCUT2D eigenvalue weighted by molar-refractivity contribution is 0.519. The van der Waals surface area contributed by atoms with Crippen LogP contribution in [0.3, 0.4) is 0 Å². The Kier molecular flexibility index (Phi) is 4.36. The number of nitrogens with one attached hydrogen (secondary N) is 1. The number of hydrogen-bond acceptors (Lipinski definition) is 2. The van der Waals surface area contributed by atoms with Gasteiger partial charge in [-0.2, -0.15) is 0 Å². The lowest BCUT2D eigenvalue weighted by atomic mass is 10.1. The normalized spacial score (nSPS) is 16.8. The van der Waals surface area contributed by atoms with Crippen LogP contribution in [0.5, 0.6) is 0 Å². The Balaban J connectivity index is 1.80. The summed E-state index contributed by atoms with van der Waals surface area (Å²) in [7, 11) is 0. The Morgan fingerprint density at radius 2 is 1.80 bits per heavy atom. The van der Waals surface area contributed by atoms with Gasteiger partial charge in [0.05, 0.1) is 12.5 Å². The number of rotatable bonds is 4. The van der Waals surface area contributed by atoms with E-state index in [9.17, 15) is 0 Å². The summed E-state index contributed by atoms with van der Waals surface area (Å²) < 4.78 is 0. The highest BCUT2D eigenvalue weighted by Crippen LogP contribution is 2.26. The summed E-state index contributed by atoms with van der Waals surface area (Å²) in [6.07, 6.45) is 11.8. The van der Waals surface area contributed by atoms with Crippen LogP contribution in [-0.2, 0) is 6.54 Å². The maximum absolute atomic E-state index is 4.21. The van der Waals surface area contributed by atoms with E-state index < -0.39 is 0 Å². The van der Waals surface area contributed by atoms with Gasteiger partial charge < -0.3 is 9.88 Å². The van der Waals surface area contributed by atoms with Crippen molar-refractivity contribution in [1.82, 2.24) is 9.97 Å². The van der Waals surface area contributed by atoms with Gasteiger partial charge in [-0.3, -0.25) is 0 Å². The topological polar surface area (TPSA) is 31.9 Å². The number of nitrogens with zero attached hydrogens (tertiary/aromatic N) is 2. The molecule has 1 aromatic carbocycles. The van der Waals surface area contributed by atoms with Crippen molar-refractivity contribution in [1.29, 1.82) is 0 Å². The molecule has 0 radical (unpaired) electrons. The summed E-state index contributed by atoms with van der Waals surface area (Å²) in [5, 5.41) is 0. The van der Waals surface area contributed by atoms with E-state index in [4.69, 9.17) is 0 Å². The van der Waals surface area contributed by atoms with Crippen LogP contribution >= 0.6 is 0 Å². The monoisotopic (exact) mass is 269 g/mol. The van der Waals surface area contributed by atoms with Gasteiger partial charge in [-0.15, -0.1) is 0 Å². The van der Waals surface area contributed by atoms with Gasteiger partial charge in [0.25, 0.3) is 0 Å². The Morgan fingerprint density at radius 1 is 1.05 bits per heavy atom. The van der Waals surface area contributed by atoms with Gasteiger partial charge in [-0.1, -0.05) is 56.0 Å². The number of anilines is 1. The van der Waals surface area contributed by atoms with Crippen LogP contribution in [0, 0.1) is 0 Å². The average molecular weight is 269 g/mol. The zero-order chi connectivity index (χ0) is 13.6. The minimum absolute atomic E-state index is 0.637. The lowest BCUT2D eigenvalue weighted by Gasteiger charge is -2.32. The maximum Gasteiger partial charge on any atom is 0.126 e. The van der Waals surface area contributed by atoms with Crippen LogP contribution in [0.4, 0.5) is 5.82 Å². The van der Waals surface area contributed by atoms with Gasteiger partial charge in [0, 0.05) is 12.6 Å². The van der Waals surface area contributed by atoms with Crippen LogP contribution in [0.15, 0.2) is 42.9 Å². The van der Waals surface area contributed by atoms with E-state index in [-0.39, 0.29) is 0 Å². The van der Waals surface area contributed by atoms with E-state index in [1.54, 1.807) is 6.33 Å². The summed E-state index contributed by atoms with van der Waals surface area (Å²) in [6.45, 7) is 0.966. The lowest BCUT2D eigenvalue weighted by Crippen LogP contribution is -2.34. The molecule has 0 atom stereocenters. The molecule has 0 saturated heterocycles. The number of hydrogen-bond donors (Lipinski definition) is 1. The van der Waals surface area contributed by atoms with E-state index in [2.05, 4.69) is 45.2 Å². The largest absolute Gasteiger partial charge is 0.350 e. The zero-order valence-corrected chi connectivity index (χ0v) is 12.0. The molecule has 1 fully saturated rings. The Labute approximate surface area is 121 Å². The molecule has 0 aliphatic heterocycles. The highest BCUT2D eigenvalue weighted by Gasteiger charge is 2.21. The molecule has 0 bridgehead atoms. The van der Waals surface area contributed by atoms with E-state index in [0.29, 0.717) is 6.04 Å². The van der Waals surface area contributed by atoms with Gasteiger partial charge in [0.15, 0.2) is 0 Å². The van der Waals surface area contributed by atoms with Crippen LogP contribution < -0.4 is 4.90 Å². The first-order valence-electron chi connectivity index (χ1n) is 7.72. The first-order chi connectivity index (χ1) is 9.93. The van der Waals surface area contributed by atoms with E-state index in [1.165, 1.54) is 44.1 Å². The fraction of sp³-hybridized carbons (Fsp3) is 0.471. The standard InChI is InChI=1S/C17H23N3/c1-2-7-11-16(10-6-1)20(17-12-18-14-19-17)13-15-8-4-3-5-9-15/h3-5,8-9,12,14,16H,1-2,6-7,10-11,13H2,(H,18,19). The average Bonchev–Trinajstić information content (AvgIpc) is 2.88. The van der Waals surface area contributed by atoms with Crippen LogP contribution in [0.25, 0.3) is 0 Å². The fourth-order valence-corrected chi connectivity index (χ4v) is 3.17. The van der Waals surface area contributed by atoms with Crippen LogP contribution in [-0.4, -0.2) is 16.0 Å². The molecule has 3 heteroatoms. The predicted molar refractivity (Wildman–Crippen MR) is 82.7 cm³/mol. The molecule has 0 spiro atoms. The van der Waals surface area contributed by atoms with E-state index in [0.717, 1.165) is 12.4 Å². The minimum atomic E-state index is 0.637. The molecule has 1 heterocycles. The van der Waals surface area contributed by atoms with Crippen molar-refractivity contribution in [3.05, 3.63) is 48.4 Å². The highest BCUT2D eigenvalue weighted by atomic mass is 15.2. The third-order valence-corrected chi connectivity index (χ3v) is 4.25. The summed E-state index contributed by atoms with van der Waals surface area (Å²) in [4.78, 5) is 10.0. The van der Waals surface area contributed by atoms with E-state index >= 15 is 0 Å². The number of benzene rings is 1. The third kappa shape index (κ3) is 3.21. The second-order valence-corrected chi connectivity index (χ2v) is 5.70. The Hall–Kier alpha value is -1.77. The number of H-pyrrole nitrogens is 1. The molecule has 0 amide bonds. The molecule has 106 valence electrons. The quantitative estimate of drug-likeness (QED) is 0.846. The molecule has 20 heavy (non-hydrogen) atoms. The summed E-state index contributed by atoms with van der Waals surface area (Å²) >= 11 is 0. The summed E-state index contributed by atoms with van der Waals surface area (Å²) in [5.41, 5.74) is 1.37. The van der Waals surface area contributed by atoms with Crippen molar-refractivity contribution >= 4 is 5.82 Å². The molecule has 1 N–H and O–H groups in total. The summed E-state index contributed by atoms with van der Waals surface area (Å²) in [6, 6.07) is 11.4. The number of aromatic nitrogens is 2. The van der Waals surface area contributed by atoms with Gasteiger partial charge in [0.1, 0.15) is 5.82 Å². The highest BCUT2D eigenvalue weighted by molar-refractivity contribution is 5.38. The van der Waals surface area contributed by atoms with Crippen molar-refractivity contribution in [2.45, 2.75) is 51.1 Å². The van der Waals surface area contributed by atoms with Crippen molar-refractivity contribution in [2.75, 3.05) is 4.90 Å². The van der Waals surface area contributed by atoms with Crippen molar-refractivity contribution < 1.29 is 0 Å². The second kappa shape index (κ2) is 6.60. The number of aromatic amines is 1. The molecule has 1 aromatic heterocycles. The van der Waals surface area contributed by atoms with Crippen LogP contribution in [0.2, 0.25) is 0 Å². The van der Waals surface area contributed by atoms with Crippen molar-refractivity contribution in [3.8, 4) is 0 Å². The van der Waals surface area contributed by atoms with Gasteiger partial charge in [-0.05, 0) is 18.4 Å². The molecule has 1 saturated carbocycles. The molecule has 3 nitrogen and oxygen atoms in total.